The average Bonchev–Trinajstić information content (AvgIpc) is 3.10. The molecule has 3 heterocycles. The van der Waals surface area contributed by atoms with E-state index in [9.17, 15) is 0 Å². The Bertz CT molecular complexity index is 904. The normalized spacial score (nSPS) is 14.8. The molecule has 1 aliphatic heterocycles. The van der Waals surface area contributed by atoms with Gasteiger partial charge in [0.05, 0.1) is 23.8 Å². The maximum absolute atomic E-state index is 5.27. The van der Waals surface area contributed by atoms with Gasteiger partial charge in [-0.05, 0) is 38.3 Å². The van der Waals surface area contributed by atoms with E-state index in [2.05, 4.69) is 31.8 Å². The first-order chi connectivity index (χ1) is 12.7. The Morgan fingerprint density at radius 1 is 1.19 bits per heavy atom. The molecule has 0 atom stereocenters. The molecule has 0 amide bonds. The van der Waals surface area contributed by atoms with E-state index in [1.165, 1.54) is 24.8 Å². The maximum Gasteiger partial charge on any atom is 0.166 e. The van der Waals surface area contributed by atoms with Crippen molar-refractivity contribution in [3.05, 3.63) is 35.8 Å². The first-order valence-corrected chi connectivity index (χ1v) is 9.95. The molecule has 3 aromatic rings. The number of H-pyrrole nitrogens is 1. The Hall–Kier alpha value is -2.28. The molecule has 136 valence electrons. The summed E-state index contributed by atoms with van der Waals surface area (Å²) < 4.78 is 5.27. The number of thioether (sulfide) groups is 1. The van der Waals surface area contributed by atoms with E-state index in [4.69, 9.17) is 4.74 Å². The molecule has 0 unspecified atom stereocenters. The van der Waals surface area contributed by atoms with Gasteiger partial charge in [0, 0.05) is 30.5 Å². The molecular weight excluding hydrogens is 346 g/mol. The quantitative estimate of drug-likeness (QED) is 0.687. The van der Waals surface area contributed by atoms with Crippen molar-refractivity contribution in [2.75, 3.05) is 25.1 Å². The van der Waals surface area contributed by atoms with E-state index in [0.29, 0.717) is 0 Å². The third-order valence-electron chi connectivity index (χ3n) is 4.83. The van der Waals surface area contributed by atoms with E-state index < -0.39 is 0 Å². The number of nitrogens with zero attached hydrogens (tertiary/aromatic N) is 4. The lowest BCUT2D eigenvalue weighted by molar-refractivity contribution is 0.415. The van der Waals surface area contributed by atoms with Crippen molar-refractivity contribution in [1.82, 2.24) is 19.9 Å². The summed E-state index contributed by atoms with van der Waals surface area (Å²) in [5, 5.41) is 0.894. The molecule has 1 aromatic carbocycles. The van der Waals surface area contributed by atoms with Crippen LogP contribution in [0.1, 0.15) is 30.5 Å². The van der Waals surface area contributed by atoms with Gasteiger partial charge in [-0.1, -0.05) is 11.8 Å². The van der Waals surface area contributed by atoms with Gasteiger partial charge in [-0.15, -0.1) is 0 Å². The minimum atomic E-state index is 0.770. The van der Waals surface area contributed by atoms with E-state index in [0.717, 1.165) is 52.3 Å². The molecule has 26 heavy (non-hydrogen) atoms. The fraction of sp³-hybridized carbons (Fsp3) is 0.421. The zero-order valence-electron chi connectivity index (χ0n) is 15.2. The topological polar surface area (TPSA) is 66.9 Å². The smallest absolute Gasteiger partial charge is 0.166 e. The summed E-state index contributed by atoms with van der Waals surface area (Å²) in [5.41, 5.74) is 4.19. The summed E-state index contributed by atoms with van der Waals surface area (Å²) in [6, 6.07) is 5.88. The van der Waals surface area contributed by atoms with Crippen molar-refractivity contribution in [3.8, 4) is 5.75 Å². The lowest BCUT2D eigenvalue weighted by atomic mass is 10.1. The molecule has 1 N–H and O–H groups in total. The number of benzene rings is 1. The van der Waals surface area contributed by atoms with Crippen molar-refractivity contribution in [3.63, 3.8) is 0 Å². The predicted octanol–water partition coefficient (Wildman–Crippen LogP) is 3.95. The van der Waals surface area contributed by atoms with Gasteiger partial charge in [-0.3, -0.25) is 0 Å². The molecule has 7 heteroatoms. The molecule has 6 nitrogen and oxygen atoms in total. The number of aromatic amines is 1. The summed E-state index contributed by atoms with van der Waals surface area (Å²) in [6.45, 7) is 4.31. The fourth-order valence-corrected chi connectivity index (χ4v) is 4.25. The predicted molar refractivity (Wildman–Crippen MR) is 105 cm³/mol. The molecule has 1 saturated heterocycles. The molecule has 1 aliphatic rings. The molecule has 4 rings (SSSR count). The summed E-state index contributed by atoms with van der Waals surface area (Å²) in [4.78, 5) is 19.4. The van der Waals surface area contributed by atoms with Crippen LogP contribution in [-0.4, -0.2) is 40.1 Å². The number of anilines is 1. The van der Waals surface area contributed by atoms with Gasteiger partial charge >= 0.3 is 0 Å². The zero-order valence-corrected chi connectivity index (χ0v) is 16.0. The number of fused-ring (bicyclic) bond motifs is 1. The van der Waals surface area contributed by atoms with Crippen LogP contribution in [0.15, 0.2) is 29.7 Å². The highest BCUT2D eigenvalue weighted by molar-refractivity contribution is 7.98. The molecular formula is C19H23N5OS. The van der Waals surface area contributed by atoms with Crippen molar-refractivity contribution in [2.24, 2.45) is 0 Å². The van der Waals surface area contributed by atoms with Gasteiger partial charge in [0.25, 0.3) is 0 Å². The minimum absolute atomic E-state index is 0.770. The summed E-state index contributed by atoms with van der Waals surface area (Å²) >= 11 is 1.67. The van der Waals surface area contributed by atoms with Crippen molar-refractivity contribution in [2.45, 2.75) is 37.1 Å². The number of nitrogens with one attached hydrogen (secondary N) is 1. The number of rotatable bonds is 5. The Labute approximate surface area is 157 Å². The van der Waals surface area contributed by atoms with Crippen LogP contribution in [0, 0.1) is 6.92 Å². The Morgan fingerprint density at radius 2 is 2.04 bits per heavy atom. The number of hydrogen-bond donors (Lipinski definition) is 1. The summed E-state index contributed by atoms with van der Waals surface area (Å²) in [7, 11) is 1.67. The van der Waals surface area contributed by atoms with Crippen LogP contribution in [0.25, 0.3) is 11.0 Å². The van der Waals surface area contributed by atoms with Crippen LogP contribution in [0.4, 0.5) is 5.82 Å². The third-order valence-corrected chi connectivity index (χ3v) is 5.72. The van der Waals surface area contributed by atoms with E-state index in [-0.39, 0.29) is 0 Å². The molecule has 2 aromatic heterocycles. The van der Waals surface area contributed by atoms with Crippen LogP contribution < -0.4 is 9.64 Å². The lowest BCUT2D eigenvalue weighted by Crippen LogP contribution is -2.31. The van der Waals surface area contributed by atoms with E-state index in [1.807, 2.05) is 18.2 Å². The largest absolute Gasteiger partial charge is 0.497 e. The van der Waals surface area contributed by atoms with Gasteiger partial charge in [0.1, 0.15) is 17.9 Å². The average molecular weight is 369 g/mol. The van der Waals surface area contributed by atoms with Gasteiger partial charge < -0.3 is 14.6 Å². The van der Waals surface area contributed by atoms with Gasteiger partial charge in [-0.25, -0.2) is 15.0 Å². The van der Waals surface area contributed by atoms with Crippen molar-refractivity contribution in [1.29, 1.82) is 0 Å². The molecule has 0 saturated carbocycles. The number of methoxy groups -OCH3 is 1. The van der Waals surface area contributed by atoms with Crippen LogP contribution >= 0.6 is 11.8 Å². The Balaban J connectivity index is 1.50. The number of ether oxygens (including phenoxy) is 1. The Kier molecular flexibility index (Phi) is 4.97. The first-order valence-electron chi connectivity index (χ1n) is 8.96. The number of piperidine rings is 1. The Morgan fingerprint density at radius 3 is 2.85 bits per heavy atom. The minimum Gasteiger partial charge on any atom is -0.497 e. The summed E-state index contributed by atoms with van der Waals surface area (Å²) in [5.74, 6) is 2.68. The third kappa shape index (κ3) is 3.49. The SMILES string of the molecule is COc1ccc2[nH]c(SCc3ncnc(N4CCCCC4)c3C)nc2c1. The second kappa shape index (κ2) is 7.53. The molecule has 0 bridgehead atoms. The molecule has 1 fully saturated rings. The summed E-state index contributed by atoms with van der Waals surface area (Å²) in [6.07, 6.45) is 5.50. The fourth-order valence-electron chi connectivity index (χ4n) is 3.34. The van der Waals surface area contributed by atoms with Crippen molar-refractivity contribution < 1.29 is 4.74 Å². The zero-order chi connectivity index (χ0) is 17.9. The van der Waals surface area contributed by atoms with Crippen LogP contribution in [0.2, 0.25) is 0 Å². The first kappa shape index (κ1) is 17.1. The van der Waals surface area contributed by atoms with Gasteiger partial charge in [0.15, 0.2) is 5.16 Å². The molecule has 0 spiro atoms. The van der Waals surface area contributed by atoms with E-state index >= 15 is 0 Å². The molecule has 0 radical (unpaired) electrons. The second-order valence-electron chi connectivity index (χ2n) is 6.53. The van der Waals surface area contributed by atoms with Crippen molar-refractivity contribution >= 4 is 28.6 Å². The highest BCUT2D eigenvalue weighted by atomic mass is 32.2. The van der Waals surface area contributed by atoms with Crippen LogP contribution in [0.5, 0.6) is 5.75 Å². The second-order valence-corrected chi connectivity index (χ2v) is 7.49. The molecule has 0 aliphatic carbocycles. The number of imidazole rings is 1. The monoisotopic (exact) mass is 369 g/mol. The highest BCUT2D eigenvalue weighted by Crippen LogP contribution is 2.28. The van der Waals surface area contributed by atoms with Gasteiger partial charge in [-0.2, -0.15) is 0 Å². The lowest BCUT2D eigenvalue weighted by Gasteiger charge is -2.29. The number of aromatic nitrogens is 4. The van der Waals surface area contributed by atoms with Gasteiger partial charge in [0.2, 0.25) is 0 Å². The maximum atomic E-state index is 5.27. The standard InChI is InChI=1S/C19H23N5OS/c1-13-17(20-12-21-18(13)24-8-4-3-5-9-24)11-26-19-22-15-7-6-14(25-2)10-16(15)23-19/h6-7,10,12H,3-5,8-9,11H2,1-2H3,(H,22,23). The van der Waals surface area contributed by atoms with Crippen LogP contribution in [0.3, 0.4) is 0 Å². The van der Waals surface area contributed by atoms with E-state index in [1.54, 1.807) is 25.2 Å². The highest BCUT2D eigenvalue weighted by Gasteiger charge is 2.17. The van der Waals surface area contributed by atoms with Crippen LogP contribution in [-0.2, 0) is 5.75 Å². The number of hydrogen-bond acceptors (Lipinski definition) is 6.